The predicted molar refractivity (Wildman–Crippen MR) is 69.6 cm³/mol. The lowest BCUT2D eigenvalue weighted by Gasteiger charge is -2.03. The Labute approximate surface area is 113 Å². The first-order valence-electron chi connectivity index (χ1n) is 6.04. The number of carboxylic acids is 1. The molecule has 0 radical (unpaired) electrons. The van der Waals surface area contributed by atoms with Crippen molar-refractivity contribution in [2.45, 2.75) is 20.4 Å². The molecule has 0 saturated heterocycles. The largest absolute Gasteiger partial charge is 0.478 e. The number of carbonyl (C=O) groups is 1. The standard InChI is InChI=1S/C13H12N4O3/c1-7-14-12-9(13(18)19)4-3-5-10(12)17(7)6-11-15-8(2)20-16-11/h3-5H,6H2,1-2H3,(H,18,19). The summed E-state index contributed by atoms with van der Waals surface area (Å²) in [5, 5.41) is 13.0. The molecule has 7 nitrogen and oxygen atoms in total. The molecule has 0 amide bonds. The quantitative estimate of drug-likeness (QED) is 0.781. The van der Waals surface area contributed by atoms with Crippen LogP contribution in [0.2, 0.25) is 0 Å². The maximum Gasteiger partial charge on any atom is 0.337 e. The van der Waals surface area contributed by atoms with E-state index in [2.05, 4.69) is 15.1 Å². The van der Waals surface area contributed by atoms with E-state index in [0.717, 1.165) is 5.52 Å². The number of hydrogen-bond donors (Lipinski definition) is 1. The molecule has 0 aliphatic heterocycles. The highest BCUT2D eigenvalue weighted by Crippen LogP contribution is 2.20. The Kier molecular flexibility index (Phi) is 2.74. The molecule has 0 spiro atoms. The van der Waals surface area contributed by atoms with Crippen LogP contribution in [0.25, 0.3) is 11.0 Å². The van der Waals surface area contributed by atoms with Crippen molar-refractivity contribution >= 4 is 17.0 Å². The molecule has 0 atom stereocenters. The van der Waals surface area contributed by atoms with Crippen molar-refractivity contribution in [3.63, 3.8) is 0 Å². The first-order valence-corrected chi connectivity index (χ1v) is 6.04. The van der Waals surface area contributed by atoms with Crippen molar-refractivity contribution in [2.75, 3.05) is 0 Å². The van der Waals surface area contributed by atoms with Crippen LogP contribution < -0.4 is 0 Å². The SMILES string of the molecule is Cc1nc(Cn2c(C)nc3c(C(=O)O)cccc32)no1. The molecule has 0 fully saturated rings. The van der Waals surface area contributed by atoms with Crippen LogP contribution in [0, 0.1) is 13.8 Å². The Morgan fingerprint density at radius 2 is 2.15 bits per heavy atom. The summed E-state index contributed by atoms with van der Waals surface area (Å²) in [4.78, 5) is 19.7. The molecule has 7 heteroatoms. The fourth-order valence-corrected chi connectivity index (χ4v) is 2.18. The Bertz CT molecular complexity index is 803. The summed E-state index contributed by atoms with van der Waals surface area (Å²) in [5.74, 6) is 0.741. The van der Waals surface area contributed by atoms with E-state index in [4.69, 9.17) is 4.52 Å². The number of benzene rings is 1. The molecule has 1 N–H and O–H groups in total. The molecule has 2 aromatic heterocycles. The number of aromatic carboxylic acids is 1. The van der Waals surface area contributed by atoms with Crippen LogP contribution in [0.1, 0.15) is 27.9 Å². The van der Waals surface area contributed by atoms with Gasteiger partial charge in [-0.05, 0) is 19.1 Å². The summed E-state index contributed by atoms with van der Waals surface area (Å²) in [6.45, 7) is 3.93. The number of imidazole rings is 1. The molecule has 3 aromatic rings. The molecule has 0 aliphatic carbocycles. The lowest BCUT2D eigenvalue weighted by molar-refractivity contribution is 0.0699. The summed E-state index contributed by atoms with van der Waals surface area (Å²) in [6, 6.07) is 5.07. The van der Waals surface area contributed by atoms with Gasteiger partial charge in [0.2, 0.25) is 5.89 Å². The Morgan fingerprint density at radius 3 is 2.80 bits per heavy atom. The number of fused-ring (bicyclic) bond motifs is 1. The van der Waals surface area contributed by atoms with Gasteiger partial charge in [0.25, 0.3) is 0 Å². The van der Waals surface area contributed by atoms with E-state index < -0.39 is 5.97 Å². The molecule has 3 rings (SSSR count). The minimum atomic E-state index is -0.990. The van der Waals surface area contributed by atoms with E-state index >= 15 is 0 Å². The second kappa shape index (κ2) is 4.44. The molecule has 102 valence electrons. The number of aryl methyl sites for hydroxylation is 2. The van der Waals surface area contributed by atoms with Crippen LogP contribution in [-0.2, 0) is 6.54 Å². The van der Waals surface area contributed by atoms with E-state index in [1.165, 1.54) is 0 Å². The van der Waals surface area contributed by atoms with Gasteiger partial charge in [0.1, 0.15) is 11.3 Å². The van der Waals surface area contributed by atoms with Crippen molar-refractivity contribution in [1.29, 1.82) is 0 Å². The fourth-order valence-electron chi connectivity index (χ4n) is 2.18. The van der Waals surface area contributed by atoms with Gasteiger partial charge in [-0.2, -0.15) is 4.98 Å². The number of para-hydroxylation sites is 1. The van der Waals surface area contributed by atoms with E-state index in [0.29, 0.717) is 29.6 Å². The Morgan fingerprint density at radius 1 is 1.35 bits per heavy atom. The van der Waals surface area contributed by atoms with Crippen molar-refractivity contribution in [1.82, 2.24) is 19.7 Å². The molecular formula is C13H12N4O3. The van der Waals surface area contributed by atoms with Gasteiger partial charge >= 0.3 is 5.97 Å². The topological polar surface area (TPSA) is 94.0 Å². The van der Waals surface area contributed by atoms with Crippen LogP contribution in [0.15, 0.2) is 22.7 Å². The smallest absolute Gasteiger partial charge is 0.337 e. The average molecular weight is 272 g/mol. The number of aromatic nitrogens is 4. The lowest BCUT2D eigenvalue weighted by atomic mass is 10.2. The molecule has 0 aliphatic rings. The Hall–Kier alpha value is -2.70. The number of carboxylic acid groups (broad SMARTS) is 1. The highest BCUT2D eigenvalue weighted by Gasteiger charge is 2.16. The molecule has 2 heterocycles. The molecule has 20 heavy (non-hydrogen) atoms. The van der Waals surface area contributed by atoms with E-state index in [-0.39, 0.29) is 5.56 Å². The normalized spacial score (nSPS) is 11.1. The highest BCUT2D eigenvalue weighted by atomic mass is 16.5. The van der Waals surface area contributed by atoms with Gasteiger partial charge in [-0.15, -0.1) is 0 Å². The van der Waals surface area contributed by atoms with Crippen molar-refractivity contribution < 1.29 is 14.4 Å². The zero-order valence-corrected chi connectivity index (χ0v) is 11.0. The number of nitrogens with zero attached hydrogens (tertiary/aromatic N) is 4. The van der Waals surface area contributed by atoms with Crippen molar-refractivity contribution in [2.24, 2.45) is 0 Å². The fraction of sp³-hybridized carbons (Fsp3) is 0.231. The highest BCUT2D eigenvalue weighted by molar-refractivity contribution is 6.01. The van der Waals surface area contributed by atoms with E-state index in [9.17, 15) is 9.90 Å². The lowest BCUT2D eigenvalue weighted by Crippen LogP contribution is -2.04. The van der Waals surface area contributed by atoms with E-state index in [1.54, 1.807) is 19.1 Å². The van der Waals surface area contributed by atoms with Gasteiger partial charge in [0.15, 0.2) is 5.82 Å². The van der Waals surface area contributed by atoms with Gasteiger partial charge in [0, 0.05) is 6.92 Å². The van der Waals surface area contributed by atoms with Crippen molar-refractivity contribution in [3.05, 3.63) is 41.3 Å². The van der Waals surface area contributed by atoms with Gasteiger partial charge in [-0.3, -0.25) is 0 Å². The first-order chi connectivity index (χ1) is 9.56. The second-order valence-electron chi connectivity index (χ2n) is 4.45. The van der Waals surface area contributed by atoms with Gasteiger partial charge in [-0.1, -0.05) is 11.2 Å². The summed E-state index contributed by atoms with van der Waals surface area (Å²) < 4.78 is 6.81. The number of rotatable bonds is 3. The second-order valence-corrected chi connectivity index (χ2v) is 4.45. The van der Waals surface area contributed by atoms with Crippen LogP contribution in [-0.4, -0.2) is 30.8 Å². The van der Waals surface area contributed by atoms with Gasteiger partial charge in [-0.25, -0.2) is 9.78 Å². The minimum absolute atomic E-state index is 0.189. The molecule has 0 saturated carbocycles. The molecular weight excluding hydrogens is 260 g/mol. The zero-order chi connectivity index (χ0) is 14.3. The minimum Gasteiger partial charge on any atom is -0.478 e. The van der Waals surface area contributed by atoms with Crippen molar-refractivity contribution in [3.8, 4) is 0 Å². The van der Waals surface area contributed by atoms with E-state index in [1.807, 2.05) is 17.6 Å². The summed E-state index contributed by atoms with van der Waals surface area (Å²) in [5.41, 5.74) is 1.40. The van der Waals surface area contributed by atoms with Gasteiger partial charge in [0.05, 0.1) is 17.6 Å². The molecule has 0 unspecified atom stereocenters. The maximum absolute atomic E-state index is 11.2. The summed E-state index contributed by atoms with van der Waals surface area (Å²) >= 11 is 0. The average Bonchev–Trinajstić information content (AvgIpc) is 2.94. The third-order valence-electron chi connectivity index (χ3n) is 3.07. The third kappa shape index (κ3) is 1.93. The Balaban J connectivity index is 2.14. The first kappa shape index (κ1) is 12.3. The summed E-state index contributed by atoms with van der Waals surface area (Å²) in [6.07, 6.45) is 0. The monoisotopic (exact) mass is 272 g/mol. The van der Waals surface area contributed by atoms with Gasteiger partial charge < -0.3 is 14.2 Å². The maximum atomic E-state index is 11.2. The third-order valence-corrected chi connectivity index (χ3v) is 3.07. The molecule has 1 aromatic carbocycles. The summed E-state index contributed by atoms with van der Waals surface area (Å²) in [7, 11) is 0. The molecule has 0 bridgehead atoms. The predicted octanol–water partition coefficient (Wildman–Crippen LogP) is 1.78. The number of hydrogen-bond acceptors (Lipinski definition) is 5. The van der Waals surface area contributed by atoms with Crippen LogP contribution >= 0.6 is 0 Å². The zero-order valence-electron chi connectivity index (χ0n) is 11.0. The van der Waals surface area contributed by atoms with Crippen LogP contribution in [0.5, 0.6) is 0 Å². The van der Waals surface area contributed by atoms with Crippen LogP contribution in [0.3, 0.4) is 0 Å². The van der Waals surface area contributed by atoms with Crippen LogP contribution in [0.4, 0.5) is 0 Å².